The third-order valence-corrected chi connectivity index (χ3v) is 11.2. The fourth-order valence-electron chi connectivity index (χ4n) is 4.73. The molecule has 0 spiro atoms. The number of benzene rings is 2. The van der Waals surface area contributed by atoms with Crippen molar-refractivity contribution in [3.63, 3.8) is 0 Å². The number of Topliss-reactive ketones (excluding diaryl/α,β-unsaturated/α-hetero) is 1. The molecule has 0 N–H and O–H groups in total. The van der Waals surface area contributed by atoms with Gasteiger partial charge in [0, 0.05) is 6.92 Å². The van der Waals surface area contributed by atoms with Crippen LogP contribution in [0.2, 0.25) is 5.04 Å². The standard InChI is InChI=1S/C27H34O4Si/c1-20-16-17-24(26(18-20)31-21(2)28)25(29)19-30-32(27(3,4)5,22-12-8-6-9-13-22)23-14-10-7-11-15-23/h6-15,18,24,26H,16-17,19H2,1-5H3/t24-,26-/m0/s1. The van der Waals surface area contributed by atoms with Crippen molar-refractivity contribution in [2.75, 3.05) is 6.61 Å². The highest BCUT2D eigenvalue weighted by atomic mass is 28.4. The molecule has 0 radical (unpaired) electrons. The molecule has 170 valence electrons. The van der Waals surface area contributed by atoms with Crippen LogP contribution >= 0.6 is 0 Å². The lowest BCUT2D eigenvalue weighted by atomic mass is 9.85. The second-order valence-corrected chi connectivity index (χ2v) is 14.0. The Hall–Kier alpha value is -2.50. The van der Waals surface area contributed by atoms with Gasteiger partial charge in [-0.2, -0.15) is 0 Å². The Kier molecular flexibility index (Phi) is 7.52. The van der Waals surface area contributed by atoms with Gasteiger partial charge in [0.1, 0.15) is 6.10 Å². The summed E-state index contributed by atoms with van der Waals surface area (Å²) in [7, 11) is -2.79. The fourth-order valence-corrected chi connectivity index (χ4v) is 9.24. The Morgan fingerprint density at radius 1 is 0.969 bits per heavy atom. The molecule has 2 aromatic carbocycles. The Morgan fingerprint density at radius 2 is 1.50 bits per heavy atom. The van der Waals surface area contributed by atoms with Gasteiger partial charge in [-0.05, 0) is 41.3 Å². The molecule has 0 amide bonds. The van der Waals surface area contributed by atoms with E-state index >= 15 is 0 Å². The zero-order chi connectivity index (χ0) is 23.4. The normalized spacial score (nSPS) is 19.2. The maximum absolute atomic E-state index is 13.4. The highest BCUT2D eigenvalue weighted by molar-refractivity contribution is 6.99. The summed E-state index contributed by atoms with van der Waals surface area (Å²) in [6, 6.07) is 20.6. The predicted octanol–water partition coefficient (Wildman–Crippen LogP) is 4.42. The molecule has 1 aliphatic carbocycles. The molecular formula is C27H34O4Si. The third kappa shape index (κ3) is 5.10. The maximum Gasteiger partial charge on any atom is 0.303 e. The minimum atomic E-state index is -2.79. The maximum atomic E-state index is 13.4. The first-order valence-electron chi connectivity index (χ1n) is 11.3. The van der Waals surface area contributed by atoms with Gasteiger partial charge in [0.25, 0.3) is 8.32 Å². The van der Waals surface area contributed by atoms with Gasteiger partial charge in [-0.15, -0.1) is 0 Å². The van der Waals surface area contributed by atoms with E-state index in [1.165, 1.54) is 6.92 Å². The van der Waals surface area contributed by atoms with E-state index in [1.807, 2.05) is 49.4 Å². The predicted molar refractivity (Wildman–Crippen MR) is 131 cm³/mol. The van der Waals surface area contributed by atoms with Crippen molar-refractivity contribution in [2.45, 2.75) is 58.6 Å². The first-order chi connectivity index (χ1) is 15.1. The Labute approximate surface area is 192 Å². The van der Waals surface area contributed by atoms with Gasteiger partial charge in [-0.3, -0.25) is 9.59 Å². The van der Waals surface area contributed by atoms with E-state index in [2.05, 4.69) is 45.0 Å². The number of rotatable bonds is 7. The average molecular weight is 451 g/mol. The lowest BCUT2D eigenvalue weighted by molar-refractivity contribution is -0.149. The van der Waals surface area contributed by atoms with Gasteiger partial charge in [0.2, 0.25) is 0 Å². The van der Waals surface area contributed by atoms with Crippen LogP contribution in [0.4, 0.5) is 0 Å². The smallest absolute Gasteiger partial charge is 0.303 e. The zero-order valence-corrected chi connectivity index (χ0v) is 20.8. The summed E-state index contributed by atoms with van der Waals surface area (Å²) in [6.45, 7) is 9.98. The van der Waals surface area contributed by atoms with Gasteiger partial charge in [0.05, 0.1) is 12.5 Å². The number of ether oxygens (including phenoxy) is 1. The fraction of sp³-hybridized carbons (Fsp3) is 0.407. The third-order valence-electron chi connectivity index (χ3n) is 6.26. The van der Waals surface area contributed by atoms with Crippen LogP contribution in [0.15, 0.2) is 72.3 Å². The summed E-state index contributed by atoms with van der Waals surface area (Å²) >= 11 is 0. The van der Waals surface area contributed by atoms with Gasteiger partial charge >= 0.3 is 5.97 Å². The van der Waals surface area contributed by atoms with Crippen molar-refractivity contribution < 1.29 is 18.8 Å². The molecular weight excluding hydrogens is 416 g/mol. The number of ketones is 1. The minimum Gasteiger partial charge on any atom is -0.458 e. The molecule has 0 heterocycles. The van der Waals surface area contributed by atoms with Crippen molar-refractivity contribution >= 4 is 30.4 Å². The molecule has 32 heavy (non-hydrogen) atoms. The highest BCUT2D eigenvalue weighted by Crippen LogP contribution is 2.37. The Bertz CT molecular complexity index is 921. The van der Waals surface area contributed by atoms with Crippen LogP contribution < -0.4 is 10.4 Å². The van der Waals surface area contributed by atoms with Crippen LogP contribution in [-0.4, -0.2) is 32.8 Å². The molecule has 0 aromatic heterocycles. The molecule has 0 saturated carbocycles. The molecule has 0 bridgehead atoms. The van der Waals surface area contributed by atoms with Crippen LogP contribution in [0.3, 0.4) is 0 Å². The first-order valence-corrected chi connectivity index (χ1v) is 13.2. The molecule has 4 nitrogen and oxygen atoms in total. The molecule has 0 aliphatic heterocycles. The monoisotopic (exact) mass is 450 g/mol. The second kappa shape index (κ2) is 9.97. The van der Waals surface area contributed by atoms with E-state index in [4.69, 9.17) is 9.16 Å². The second-order valence-electron chi connectivity index (χ2n) is 9.65. The van der Waals surface area contributed by atoms with Crippen molar-refractivity contribution in [1.82, 2.24) is 0 Å². The Balaban J connectivity index is 1.96. The Morgan fingerprint density at radius 3 is 1.97 bits per heavy atom. The van der Waals surface area contributed by atoms with Crippen LogP contribution in [0.25, 0.3) is 0 Å². The SMILES string of the molecule is CC(=O)O[C@H]1C=C(C)CC[C@H]1C(=O)CO[Si](c1ccccc1)(c1ccccc1)C(C)(C)C. The number of esters is 1. The molecule has 1 aliphatic rings. The summed E-state index contributed by atoms with van der Waals surface area (Å²) in [4.78, 5) is 25.0. The minimum absolute atomic E-state index is 0.00258. The van der Waals surface area contributed by atoms with Crippen molar-refractivity contribution in [1.29, 1.82) is 0 Å². The van der Waals surface area contributed by atoms with E-state index in [-0.39, 0.29) is 29.3 Å². The number of allylic oxidation sites excluding steroid dienone is 1. The van der Waals surface area contributed by atoms with E-state index < -0.39 is 14.4 Å². The van der Waals surface area contributed by atoms with Crippen LogP contribution in [-0.2, 0) is 18.8 Å². The number of hydrogen-bond acceptors (Lipinski definition) is 4. The van der Waals surface area contributed by atoms with Crippen molar-refractivity contribution in [2.24, 2.45) is 5.92 Å². The first kappa shape index (κ1) is 24.1. The summed E-state index contributed by atoms with van der Waals surface area (Å²) in [5.74, 6) is -0.750. The van der Waals surface area contributed by atoms with E-state index in [0.29, 0.717) is 6.42 Å². The molecule has 0 fully saturated rings. The number of carbonyl (C=O) groups is 2. The van der Waals surface area contributed by atoms with Gasteiger partial charge in [-0.25, -0.2) is 0 Å². The zero-order valence-electron chi connectivity index (χ0n) is 19.8. The molecule has 2 aromatic rings. The van der Waals surface area contributed by atoms with Crippen LogP contribution in [0.5, 0.6) is 0 Å². The summed E-state index contributed by atoms with van der Waals surface area (Å²) in [6.07, 6.45) is 2.89. The summed E-state index contributed by atoms with van der Waals surface area (Å²) in [5, 5.41) is 2.08. The van der Waals surface area contributed by atoms with E-state index in [1.54, 1.807) is 0 Å². The van der Waals surface area contributed by atoms with E-state index in [9.17, 15) is 9.59 Å². The molecule has 0 unspecified atom stereocenters. The number of carbonyl (C=O) groups excluding carboxylic acids is 2. The molecule has 3 rings (SSSR count). The van der Waals surface area contributed by atoms with Gasteiger partial charge < -0.3 is 9.16 Å². The van der Waals surface area contributed by atoms with E-state index in [0.717, 1.165) is 22.4 Å². The summed E-state index contributed by atoms with van der Waals surface area (Å²) in [5.41, 5.74) is 1.15. The lowest BCUT2D eigenvalue weighted by Crippen LogP contribution is -2.67. The van der Waals surface area contributed by atoms with Crippen molar-refractivity contribution in [3.05, 3.63) is 72.3 Å². The van der Waals surface area contributed by atoms with Crippen LogP contribution in [0, 0.1) is 5.92 Å². The lowest BCUT2D eigenvalue weighted by Gasteiger charge is -2.43. The van der Waals surface area contributed by atoms with Crippen LogP contribution in [0.1, 0.15) is 47.5 Å². The topological polar surface area (TPSA) is 52.6 Å². The molecule has 2 atom stereocenters. The van der Waals surface area contributed by atoms with Crippen molar-refractivity contribution in [3.8, 4) is 0 Å². The quantitative estimate of drug-likeness (QED) is 0.356. The molecule has 0 saturated heterocycles. The summed E-state index contributed by atoms with van der Waals surface area (Å²) < 4.78 is 12.3. The average Bonchev–Trinajstić information content (AvgIpc) is 2.74. The highest BCUT2D eigenvalue weighted by Gasteiger charge is 2.50. The van der Waals surface area contributed by atoms with Gasteiger partial charge in [0.15, 0.2) is 5.78 Å². The molecule has 5 heteroatoms. The largest absolute Gasteiger partial charge is 0.458 e. The number of hydrogen-bond donors (Lipinski definition) is 0. The van der Waals surface area contributed by atoms with Gasteiger partial charge in [-0.1, -0.05) is 87.0 Å².